The molecule has 1 saturated heterocycles. The highest BCUT2D eigenvalue weighted by molar-refractivity contribution is 9.10. The van der Waals surface area contributed by atoms with Crippen LogP contribution >= 0.6 is 15.9 Å². The standard InChI is InChI=1S/C20H14BrN3O6/c1-20(12-2-5-14(6-3-12)24(28)29)18(26)23(19(27)22-20)10-11-8-17(25)30-16-9-13(21)4-7-15(11)16/h2-9H,10H2,1H3,(H,22,27). The van der Waals surface area contributed by atoms with Crippen molar-refractivity contribution >= 4 is 44.5 Å². The number of hydrogen-bond acceptors (Lipinski definition) is 6. The number of imide groups is 1. The second-order valence-electron chi connectivity index (χ2n) is 6.98. The van der Waals surface area contributed by atoms with Gasteiger partial charge in [0.2, 0.25) is 0 Å². The van der Waals surface area contributed by atoms with E-state index in [9.17, 15) is 24.5 Å². The number of nitrogens with one attached hydrogen (secondary N) is 1. The third-order valence-electron chi connectivity index (χ3n) is 5.05. The number of urea groups is 1. The van der Waals surface area contributed by atoms with Crippen molar-refractivity contribution in [2.24, 2.45) is 0 Å². The van der Waals surface area contributed by atoms with E-state index in [-0.39, 0.29) is 12.2 Å². The van der Waals surface area contributed by atoms with E-state index in [2.05, 4.69) is 21.2 Å². The van der Waals surface area contributed by atoms with Crippen LogP contribution in [0.3, 0.4) is 0 Å². The highest BCUT2D eigenvalue weighted by atomic mass is 79.9. The summed E-state index contributed by atoms with van der Waals surface area (Å²) in [6.07, 6.45) is 0. The summed E-state index contributed by atoms with van der Waals surface area (Å²) in [6, 6.07) is 11.2. The fourth-order valence-electron chi connectivity index (χ4n) is 3.46. The van der Waals surface area contributed by atoms with Crippen molar-refractivity contribution in [2.45, 2.75) is 19.0 Å². The lowest BCUT2D eigenvalue weighted by Gasteiger charge is -2.22. The summed E-state index contributed by atoms with van der Waals surface area (Å²) in [7, 11) is 0. The van der Waals surface area contributed by atoms with Gasteiger partial charge in [-0.1, -0.05) is 15.9 Å². The second kappa shape index (κ2) is 7.06. The fourth-order valence-corrected chi connectivity index (χ4v) is 3.80. The average Bonchev–Trinajstić information content (AvgIpc) is 2.91. The molecule has 10 heteroatoms. The SMILES string of the molecule is CC1(c2ccc([N+](=O)[O-])cc2)NC(=O)N(Cc2cc(=O)oc3cc(Br)ccc23)C1=O. The maximum atomic E-state index is 13.1. The zero-order valence-electron chi connectivity index (χ0n) is 15.5. The van der Waals surface area contributed by atoms with Crippen LogP contribution < -0.4 is 10.9 Å². The van der Waals surface area contributed by atoms with Crippen LogP contribution in [0.5, 0.6) is 0 Å². The highest BCUT2D eigenvalue weighted by Gasteiger charge is 2.49. The van der Waals surface area contributed by atoms with Crippen molar-refractivity contribution in [3.8, 4) is 0 Å². The van der Waals surface area contributed by atoms with Gasteiger partial charge in [0.1, 0.15) is 11.1 Å². The molecule has 0 bridgehead atoms. The van der Waals surface area contributed by atoms with Gasteiger partial charge in [0.15, 0.2) is 0 Å². The maximum Gasteiger partial charge on any atom is 0.336 e. The molecule has 0 spiro atoms. The first-order valence-electron chi connectivity index (χ1n) is 8.80. The summed E-state index contributed by atoms with van der Waals surface area (Å²) in [5.41, 5.74) is -0.896. The lowest BCUT2D eigenvalue weighted by molar-refractivity contribution is -0.384. The van der Waals surface area contributed by atoms with Gasteiger partial charge in [-0.05, 0) is 48.4 Å². The number of hydrogen-bond donors (Lipinski definition) is 1. The van der Waals surface area contributed by atoms with Crippen LogP contribution in [0.2, 0.25) is 0 Å². The first-order chi connectivity index (χ1) is 14.2. The van der Waals surface area contributed by atoms with Gasteiger partial charge in [0, 0.05) is 28.1 Å². The number of non-ortho nitro benzene ring substituents is 1. The normalized spacial score (nSPS) is 18.7. The summed E-state index contributed by atoms with van der Waals surface area (Å²) in [5.74, 6) is -0.528. The number of nitrogens with zero attached hydrogens (tertiary/aromatic N) is 2. The smallest absolute Gasteiger partial charge is 0.336 e. The summed E-state index contributed by atoms with van der Waals surface area (Å²) in [5, 5.41) is 14.1. The molecule has 1 fully saturated rings. The molecule has 1 atom stereocenters. The van der Waals surface area contributed by atoms with Crippen LogP contribution in [-0.2, 0) is 16.9 Å². The minimum atomic E-state index is -1.38. The van der Waals surface area contributed by atoms with Crippen LogP contribution in [0.4, 0.5) is 10.5 Å². The van der Waals surface area contributed by atoms with Crippen molar-refractivity contribution in [3.05, 3.63) is 84.7 Å². The van der Waals surface area contributed by atoms with Gasteiger partial charge in [-0.25, -0.2) is 9.59 Å². The Morgan fingerprint density at radius 1 is 1.13 bits per heavy atom. The number of carbonyl (C=O) groups is 2. The van der Waals surface area contributed by atoms with Crippen molar-refractivity contribution < 1.29 is 18.9 Å². The molecular formula is C20H14BrN3O6. The number of rotatable bonds is 4. The number of halogens is 1. The second-order valence-corrected chi connectivity index (χ2v) is 7.90. The van der Waals surface area contributed by atoms with E-state index in [0.717, 1.165) is 9.37 Å². The Kier molecular flexibility index (Phi) is 4.65. The molecule has 4 rings (SSSR count). The number of nitro groups is 1. The monoisotopic (exact) mass is 471 g/mol. The third kappa shape index (κ3) is 3.24. The molecule has 152 valence electrons. The molecular weight excluding hydrogens is 458 g/mol. The van der Waals surface area contributed by atoms with Crippen molar-refractivity contribution in [3.63, 3.8) is 0 Å². The highest BCUT2D eigenvalue weighted by Crippen LogP contribution is 2.32. The molecule has 1 aliphatic heterocycles. The third-order valence-corrected chi connectivity index (χ3v) is 5.54. The predicted molar refractivity (Wildman–Crippen MR) is 110 cm³/mol. The summed E-state index contributed by atoms with van der Waals surface area (Å²) < 4.78 is 5.92. The van der Waals surface area contributed by atoms with Gasteiger partial charge in [-0.3, -0.25) is 19.8 Å². The van der Waals surface area contributed by atoms with Crippen molar-refractivity contribution in [1.82, 2.24) is 10.2 Å². The number of amides is 3. The molecule has 1 aliphatic rings. The molecule has 3 aromatic rings. The van der Waals surface area contributed by atoms with Crippen LogP contribution in [0.25, 0.3) is 11.0 Å². The summed E-state index contributed by atoms with van der Waals surface area (Å²) >= 11 is 3.31. The van der Waals surface area contributed by atoms with E-state index in [1.807, 2.05) is 0 Å². The van der Waals surface area contributed by atoms with Gasteiger partial charge in [-0.2, -0.15) is 0 Å². The van der Waals surface area contributed by atoms with Gasteiger partial charge < -0.3 is 9.73 Å². The van der Waals surface area contributed by atoms with Gasteiger partial charge in [0.05, 0.1) is 11.5 Å². The first kappa shape index (κ1) is 19.8. The summed E-state index contributed by atoms with van der Waals surface area (Å²) in [6.45, 7) is 1.40. The quantitative estimate of drug-likeness (QED) is 0.269. The Bertz CT molecular complexity index is 1270. The molecule has 0 saturated carbocycles. The minimum Gasteiger partial charge on any atom is -0.423 e. The zero-order valence-corrected chi connectivity index (χ0v) is 17.1. The van der Waals surface area contributed by atoms with Crippen LogP contribution in [-0.4, -0.2) is 21.8 Å². The number of carbonyl (C=O) groups excluding carboxylic acids is 2. The van der Waals surface area contributed by atoms with Crippen molar-refractivity contribution in [2.75, 3.05) is 0 Å². The lowest BCUT2D eigenvalue weighted by atomic mass is 9.92. The molecule has 0 radical (unpaired) electrons. The van der Waals surface area contributed by atoms with E-state index < -0.39 is 28.0 Å². The number of benzene rings is 2. The van der Waals surface area contributed by atoms with Crippen LogP contribution in [0, 0.1) is 10.1 Å². The van der Waals surface area contributed by atoms with Gasteiger partial charge in [0.25, 0.3) is 11.6 Å². The molecule has 9 nitrogen and oxygen atoms in total. The Morgan fingerprint density at radius 3 is 2.50 bits per heavy atom. The Morgan fingerprint density at radius 2 is 1.83 bits per heavy atom. The minimum absolute atomic E-state index is 0.121. The molecule has 3 amide bonds. The molecule has 1 unspecified atom stereocenters. The summed E-state index contributed by atoms with van der Waals surface area (Å²) in [4.78, 5) is 49.0. The Labute approximate surface area is 177 Å². The molecule has 30 heavy (non-hydrogen) atoms. The fraction of sp³-hybridized carbons (Fsp3) is 0.150. The van der Waals surface area contributed by atoms with E-state index in [1.54, 1.807) is 18.2 Å². The lowest BCUT2D eigenvalue weighted by Crippen LogP contribution is -2.40. The zero-order chi connectivity index (χ0) is 21.6. The molecule has 1 aromatic heterocycles. The van der Waals surface area contributed by atoms with E-state index in [0.29, 0.717) is 22.1 Å². The topological polar surface area (TPSA) is 123 Å². The van der Waals surface area contributed by atoms with Gasteiger partial charge in [-0.15, -0.1) is 0 Å². The molecule has 2 aromatic carbocycles. The Hall–Kier alpha value is -3.53. The number of fused-ring (bicyclic) bond motifs is 1. The average molecular weight is 472 g/mol. The first-order valence-corrected chi connectivity index (χ1v) is 9.60. The number of nitro benzene ring substituents is 1. The van der Waals surface area contributed by atoms with Gasteiger partial charge >= 0.3 is 11.7 Å². The van der Waals surface area contributed by atoms with Crippen LogP contribution in [0.1, 0.15) is 18.1 Å². The van der Waals surface area contributed by atoms with Crippen molar-refractivity contribution in [1.29, 1.82) is 0 Å². The van der Waals surface area contributed by atoms with E-state index in [1.165, 1.54) is 37.3 Å². The van der Waals surface area contributed by atoms with E-state index in [4.69, 9.17) is 4.42 Å². The molecule has 2 heterocycles. The van der Waals surface area contributed by atoms with E-state index >= 15 is 0 Å². The van der Waals surface area contributed by atoms with Crippen LogP contribution in [0.15, 0.2) is 62.2 Å². The molecule has 1 N–H and O–H groups in total. The predicted octanol–water partition coefficient (Wildman–Crippen LogP) is 3.43. The Balaban J connectivity index is 1.69. The molecule has 0 aliphatic carbocycles. The maximum absolute atomic E-state index is 13.1. The largest absolute Gasteiger partial charge is 0.423 e.